The van der Waals surface area contributed by atoms with Gasteiger partial charge in [-0.15, -0.1) is 0 Å². The van der Waals surface area contributed by atoms with E-state index in [1.807, 2.05) is 47.2 Å². The first kappa shape index (κ1) is 28.9. The van der Waals surface area contributed by atoms with Gasteiger partial charge in [-0.1, -0.05) is 49.7 Å². The van der Waals surface area contributed by atoms with Crippen LogP contribution in [-0.4, -0.2) is 60.2 Å². The molecule has 0 unspecified atom stereocenters. The fraction of sp³-hybridized carbons (Fsp3) is 0.258. The topological polar surface area (TPSA) is 85.7 Å². The number of anilines is 1. The molecule has 0 bridgehead atoms. The van der Waals surface area contributed by atoms with Crippen molar-refractivity contribution in [1.82, 2.24) is 14.5 Å². The molecule has 8 nitrogen and oxygen atoms in total. The number of aromatic nitrogens is 2. The minimum atomic E-state index is -0.400. The molecule has 0 saturated heterocycles. The lowest BCUT2D eigenvalue weighted by molar-refractivity contribution is -0.117. The Labute approximate surface area is 239 Å². The summed E-state index contributed by atoms with van der Waals surface area (Å²) in [5.41, 5.74) is 3.91. The number of amides is 2. The largest absolute Gasteiger partial charge is 0.497 e. The van der Waals surface area contributed by atoms with Gasteiger partial charge in [-0.25, -0.2) is 4.98 Å². The predicted octanol–water partition coefficient (Wildman–Crippen LogP) is 6.05. The molecular formula is C31H33ClN4O4. The first-order valence-corrected chi connectivity index (χ1v) is 13.3. The zero-order valence-electron chi connectivity index (χ0n) is 23.1. The monoisotopic (exact) mass is 560 g/mol. The molecule has 0 aliphatic heterocycles. The minimum absolute atomic E-state index is 0.204. The van der Waals surface area contributed by atoms with Crippen molar-refractivity contribution in [3.8, 4) is 22.7 Å². The summed E-state index contributed by atoms with van der Waals surface area (Å²) >= 11 is 6.26. The number of ether oxygens (including phenoxy) is 2. The van der Waals surface area contributed by atoms with Crippen LogP contribution in [0.25, 0.3) is 16.9 Å². The molecule has 0 aliphatic rings. The van der Waals surface area contributed by atoms with Gasteiger partial charge >= 0.3 is 0 Å². The molecule has 1 aromatic heterocycles. The Hall–Kier alpha value is -4.14. The van der Waals surface area contributed by atoms with Crippen molar-refractivity contribution in [2.24, 2.45) is 0 Å². The molecule has 40 heavy (non-hydrogen) atoms. The van der Waals surface area contributed by atoms with Crippen LogP contribution < -0.4 is 10.1 Å². The van der Waals surface area contributed by atoms with Gasteiger partial charge in [0.1, 0.15) is 12.3 Å². The van der Waals surface area contributed by atoms with E-state index in [1.54, 1.807) is 38.5 Å². The Morgan fingerprint density at radius 1 is 1.00 bits per heavy atom. The number of nitrogens with zero attached hydrogens (tertiary/aromatic N) is 3. The molecule has 9 heteroatoms. The van der Waals surface area contributed by atoms with Crippen LogP contribution in [0.2, 0.25) is 5.02 Å². The van der Waals surface area contributed by atoms with Crippen LogP contribution in [0.1, 0.15) is 35.7 Å². The highest BCUT2D eigenvalue weighted by Gasteiger charge is 2.22. The highest BCUT2D eigenvalue weighted by molar-refractivity contribution is 6.33. The average molecular weight is 561 g/mol. The van der Waals surface area contributed by atoms with E-state index in [2.05, 4.69) is 31.3 Å². The number of nitrogens with one attached hydrogen (secondary N) is 1. The van der Waals surface area contributed by atoms with Gasteiger partial charge in [-0.2, -0.15) is 0 Å². The first-order valence-electron chi connectivity index (χ1n) is 13.0. The van der Waals surface area contributed by atoms with E-state index in [-0.39, 0.29) is 25.6 Å². The summed E-state index contributed by atoms with van der Waals surface area (Å²) in [7, 11) is 3.16. The summed E-state index contributed by atoms with van der Waals surface area (Å²) in [6.45, 7) is 4.56. The van der Waals surface area contributed by atoms with Crippen molar-refractivity contribution in [1.29, 1.82) is 0 Å². The molecule has 0 radical (unpaired) electrons. The predicted molar refractivity (Wildman–Crippen MR) is 158 cm³/mol. The molecule has 0 fully saturated rings. The van der Waals surface area contributed by atoms with Crippen molar-refractivity contribution < 1.29 is 19.1 Å². The lowest BCUT2D eigenvalue weighted by atomic mass is 10.0. The van der Waals surface area contributed by atoms with Crippen LogP contribution in [0, 0.1) is 0 Å². The van der Waals surface area contributed by atoms with E-state index in [0.29, 0.717) is 28.1 Å². The summed E-state index contributed by atoms with van der Waals surface area (Å²) in [6, 6.07) is 22.4. The number of methoxy groups -OCH3 is 2. The number of carbonyl (C=O) groups excluding carboxylic acids is 2. The molecule has 4 aromatic rings. The normalized spacial score (nSPS) is 10.9. The molecule has 208 valence electrons. The van der Waals surface area contributed by atoms with Crippen LogP contribution in [0.15, 0.2) is 79.0 Å². The maximum absolute atomic E-state index is 13.3. The lowest BCUT2D eigenvalue weighted by Crippen LogP contribution is -2.40. The molecule has 0 spiro atoms. The van der Waals surface area contributed by atoms with Gasteiger partial charge in [0.25, 0.3) is 5.91 Å². The Balaban J connectivity index is 1.63. The number of halogens is 1. The van der Waals surface area contributed by atoms with Gasteiger partial charge in [0, 0.05) is 31.1 Å². The van der Waals surface area contributed by atoms with E-state index in [4.69, 9.17) is 26.1 Å². The summed E-state index contributed by atoms with van der Waals surface area (Å²) in [5.74, 6) is 0.706. The SMILES string of the molecule is COCCN(CC(=O)Nc1nc(-c2ccc(OC)cc2)cn1-c1ccc(C(C)C)cc1)C(=O)c1ccccc1Cl. The number of rotatable bonds is 11. The van der Waals surface area contributed by atoms with Crippen molar-refractivity contribution >= 4 is 29.4 Å². The second-order valence-electron chi connectivity index (χ2n) is 9.54. The van der Waals surface area contributed by atoms with Gasteiger partial charge in [0.05, 0.1) is 30.0 Å². The first-order chi connectivity index (χ1) is 19.3. The summed E-state index contributed by atoms with van der Waals surface area (Å²) in [6.07, 6.45) is 1.87. The van der Waals surface area contributed by atoms with E-state index in [1.165, 1.54) is 10.5 Å². The van der Waals surface area contributed by atoms with Crippen molar-refractivity contribution in [3.05, 3.63) is 95.1 Å². The molecule has 0 saturated carbocycles. The maximum Gasteiger partial charge on any atom is 0.255 e. The smallest absolute Gasteiger partial charge is 0.255 e. The Bertz CT molecular complexity index is 1450. The van der Waals surface area contributed by atoms with E-state index in [0.717, 1.165) is 17.0 Å². The van der Waals surface area contributed by atoms with Gasteiger partial charge in [-0.3, -0.25) is 19.5 Å². The maximum atomic E-state index is 13.3. The molecule has 0 aliphatic carbocycles. The van der Waals surface area contributed by atoms with Crippen LogP contribution in [-0.2, 0) is 9.53 Å². The van der Waals surface area contributed by atoms with Crippen molar-refractivity contribution in [3.63, 3.8) is 0 Å². The van der Waals surface area contributed by atoms with E-state index in [9.17, 15) is 9.59 Å². The Kier molecular flexibility index (Phi) is 9.58. The van der Waals surface area contributed by atoms with Crippen molar-refractivity contribution in [2.45, 2.75) is 19.8 Å². The van der Waals surface area contributed by atoms with Gasteiger partial charge in [0.15, 0.2) is 0 Å². The van der Waals surface area contributed by atoms with Gasteiger partial charge in [0.2, 0.25) is 11.9 Å². The number of hydrogen-bond acceptors (Lipinski definition) is 5. The van der Waals surface area contributed by atoms with Crippen molar-refractivity contribution in [2.75, 3.05) is 39.2 Å². The Morgan fingerprint density at radius 3 is 2.33 bits per heavy atom. The minimum Gasteiger partial charge on any atom is -0.497 e. The van der Waals surface area contributed by atoms with Crippen LogP contribution in [0.4, 0.5) is 5.95 Å². The second-order valence-corrected chi connectivity index (χ2v) is 9.95. The molecule has 0 atom stereocenters. The summed E-state index contributed by atoms with van der Waals surface area (Å²) in [5, 5.41) is 3.23. The van der Waals surface area contributed by atoms with Gasteiger partial charge in [-0.05, 0) is 60.0 Å². The quantitative estimate of drug-likeness (QED) is 0.241. The molecule has 2 amide bonds. The lowest BCUT2D eigenvalue weighted by Gasteiger charge is -2.22. The highest BCUT2D eigenvalue weighted by Crippen LogP contribution is 2.27. The fourth-order valence-corrected chi connectivity index (χ4v) is 4.40. The molecular weight excluding hydrogens is 528 g/mol. The second kappa shape index (κ2) is 13.3. The third-order valence-corrected chi connectivity index (χ3v) is 6.80. The third-order valence-electron chi connectivity index (χ3n) is 6.47. The van der Waals surface area contributed by atoms with E-state index < -0.39 is 5.91 Å². The number of carbonyl (C=O) groups is 2. The zero-order valence-corrected chi connectivity index (χ0v) is 23.8. The Morgan fingerprint density at radius 2 is 1.70 bits per heavy atom. The zero-order chi connectivity index (χ0) is 28.6. The fourth-order valence-electron chi connectivity index (χ4n) is 4.18. The molecule has 1 N–H and O–H groups in total. The van der Waals surface area contributed by atoms with Crippen LogP contribution >= 0.6 is 11.6 Å². The average Bonchev–Trinajstić information content (AvgIpc) is 3.38. The van der Waals surface area contributed by atoms with E-state index >= 15 is 0 Å². The van der Waals surface area contributed by atoms with Gasteiger partial charge < -0.3 is 14.4 Å². The number of hydrogen-bond donors (Lipinski definition) is 1. The molecule has 3 aromatic carbocycles. The summed E-state index contributed by atoms with van der Waals surface area (Å²) < 4.78 is 12.3. The standard InChI is InChI=1S/C31H33ClN4O4/c1-21(2)22-9-13-24(14-10-22)36-19-28(23-11-15-25(40-4)16-12-23)33-31(36)34-29(37)20-35(17-18-39-3)30(38)26-7-5-6-8-27(26)32/h5-16,19,21H,17-18,20H2,1-4H3,(H,33,34,37). The number of imidazole rings is 1. The van der Waals surface area contributed by atoms with Crippen LogP contribution in [0.5, 0.6) is 5.75 Å². The number of benzene rings is 3. The summed E-state index contributed by atoms with van der Waals surface area (Å²) in [4.78, 5) is 32.7. The molecule has 1 heterocycles. The highest BCUT2D eigenvalue weighted by atomic mass is 35.5. The molecule has 4 rings (SSSR count). The third kappa shape index (κ3) is 6.89. The van der Waals surface area contributed by atoms with Crippen LogP contribution in [0.3, 0.4) is 0 Å².